The summed E-state index contributed by atoms with van der Waals surface area (Å²) in [6.45, 7) is 2.04. The molecule has 2 rings (SSSR count). The van der Waals surface area contributed by atoms with E-state index in [0.717, 1.165) is 11.3 Å². The van der Waals surface area contributed by atoms with Crippen molar-refractivity contribution in [2.45, 2.75) is 13.5 Å². The quantitative estimate of drug-likeness (QED) is 0.850. The van der Waals surface area contributed by atoms with E-state index in [2.05, 4.69) is 15.3 Å². The van der Waals surface area contributed by atoms with Gasteiger partial charge in [-0.1, -0.05) is 12.1 Å². The van der Waals surface area contributed by atoms with Gasteiger partial charge in [-0.15, -0.1) is 0 Å². The monoisotopic (exact) mass is 232 g/mol. The Hall–Kier alpha value is -2.01. The molecular weight excluding hydrogens is 219 g/mol. The SMILES string of the molecule is Cc1ncnc(Nc2cccc(CN)c2)c1F. The number of rotatable bonds is 3. The van der Waals surface area contributed by atoms with Gasteiger partial charge >= 0.3 is 0 Å². The standard InChI is InChI=1S/C12H13FN4/c1-8-11(13)12(16-7-15-8)17-10-4-2-3-9(5-10)6-14/h2-5,7H,6,14H2,1H3,(H,15,16,17). The van der Waals surface area contributed by atoms with Crippen molar-refractivity contribution in [1.82, 2.24) is 9.97 Å². The van der Waals surface area contributed by atoms with Crippen LogP contribution in [0.5, 0.6) is 0 Å². The second-order valence-electron chi connectivity index (χ2n) is 3.65. The topological polar surface area (TPSA) is 63.8 Å². The van der Waals surface area contributed by atoms with Gasteiger partial charge in [-0.05, 0) is 24.6 Å². The molecular formula is C12H13FN4. The Balaban J connectivity index is 2.28. The molecule has 4 nitrogen and oxygen atoms in total. The maximum absolute atomic E-state index is 13.7. The second-order valence-corrected chi connectivity index (χ2v) is 3.65. The van der Waals surface area contributed by atoms with Crippen molar-refractivity contribution in [3.8, 4) is 0 Å². The summed E-state index contributed by atoms with van der Waals surface area (Å²) in [7, 11) is 0. The van der Waals surface area contributed by atoms with Gasteiger partial charge in [-0.3, -0.25) is 0 Å². The smallest absolute Gasteiger partial charge is 0.186 e. The summed E-state index contributed by atoms with van der Waals surface area (Å²) in [4.78, 5) is 7.63. The summed E-state index contributed by atoms with van der Waals surface area (Å²) in [6.07, 6.45) is 1.33. The Morgan fingerprint density at radius 3 is 2.94 bits per heavy atom. The van der Waals surface area contributed by atoms with E-state index in [-0.39, 0.29) is 5.82 Å². The molecule has 0 atom stereocenters. The van der Waals surface area contributed by atoms with Crippen molar-refractivity contribution >= 4 is 11.5 Å². The molecule has 5 heteroatoms. The molecule has 0 spiro atoms. The number of nitrogens with two attached hydrogens (primary N) is 1. The van der Waals surface area contributed by atoms with E-state index in [4.69, 9.17) is 5.73 Å². The zero-order valence-corrected chi connectivity index (χ0v) is 9.44. The number of nitrogens with one attached hydrogen (secondary N) is 1. The van der Waals surface area contributed by atoms with Crippen molar-refractivity contribution in [2.24, 2.45) is 5.73 Å². The van der Waals surface area contributed by atoms with Crippen LogP contribution < -0.4 is 11.1 Å². The number of aryl methyl sites for hydroxylation is 1. The van der Waals surface area contributed by atoms with Crippen LogP contribution in [0.1, 0.15) is 11.3 Å². The number of hydrogen-bond acceptors (Lipinski definition) is 4. The minimum atomic E-state index is -0.439. The highest BCUT2D eigenvalue weighted by Gasteiger charge is 2.07. The average molecular weight is 232 g/mol. The number of anilines is 2. The minimum absolute atomic E-state index is 0.173. The fourth-order valence-corrected chi connectivity index (χ4v) is 1.46. The first-order valence-electron chi connectivity index (χ1n) is 5.24. The lowest BCUT2D eigenvalue weighted by atomic mass is 10.2. The highest BCUT2D eigenvalue weighted by atomic mass is 19.1. The molecule has 1 aromatic carbocycles. The molecule has 0 bridgehead atoms. The van der Waals surface area contributed by atoms with Crippen molar-refractivity contribution in [2.75, 3.05) is 5.32 Å². The molecule has 0 fully saturated rings. The van der Waals surface area contributed by atoms with Gasteiger partial charge in [-0.2, -0.15) is 0 Å². The summed E-state index contributed by atoms with van der Waals surface area (Å²) in [5, 5.41) is 2.91. The third-order valence-electron chi connectivity index (χ3n) is 2.39. The molecule has 2 aromatic rings. The van der Waals surface area contributed by atoms with Crippen LogP contribution in [-0.2, 0) is 6.54 Å². The number of nitrogens with zero attached hydrogens (tertiary/aromatic N) is 2. The summed E-state index contributed by atoms with van der Waals surface area (Å²) in [5.74, 6) is -0.266. The Bertz CT molecular complexity index is 528. The molecule has 0 saturated heterocycles. The molecule has 0 aliphatic heterocycles. The predicted molar refractivity (Wildman–Crippen MR) is 64.3 cm³/mol. The van der Waals surface area contributed by atoms with Crippen LogP contribution in [0.15, 0.2) is 30.6 Å². The highest BCUT2D eigenvalue weighted by Crippen LogP contribution is 2.19. The number of hydrogen-bond donors (Lipinski definition) is 2. The Morgan fingerprint density at radius 1 is 1.35 bits per heavy atom. The van der Waals surface area contributed by atoms with Crippen LogP contribution in [0, 0.1) is 12.7 Å². The minimum Gasteiger partial charge on any atom is -0.338 e. The van der Waals surface area contributed by atoms with Gasteiger partial charge in [0.2, 0.25) is 0 Å². The lowest BCUT2D eigenvalue weighted by Crippen LogP contribution is -2.02. The van der Waals surface area contributed by atoms with E-state index < -0.39 is 5.82 Å². The van der Waals surface area contributed by atoms with Gasteiger partial charge in [0.05, 0.1) is 5.69 Å². The Morgan fingerprint density at radius 2 is 2.18 bits per heavy atom. The molecule has 0 saturated carbocycles. The molecule has 0 aliphatic rings. The number of aromatic nitrogens is 2. The molecule has 88 valence electrons. The largest absolute Gasteiger partial charge is 0.338 e. The molecule has 0 unspecified atom stereocenters. The Labute approximate surface area is 98.7 Å². The van der Waals surface area contributed by atoms with Crippen LogP contribution in [0.4, 0.5) is 15.9 Å². The molecule has 17 heavy (non-hydrogen) atoms. The van der Waals surface area contributed by atoms with E-state index in [1.807, 2.05) is 24.3 Å². The average Bonchev–Trinajstić information content (AvgIpc) is 2.35. The fourth-order valence-electron chi connectivity index (χ4n) is 1.46. The van der Waals surface area contributed by atoms with E-state index in [0.29, 0.717) is 12.2 Å². The van der Waals surface area contributed by atoms with Gasteiger partial charge in [0.15, 0.2) is 11.6 Å². The molecule has 0 radical (unpaired) electrons. The van der Waals surface area contributed by atoms with Crippen molar-refractivity contribution in [1.29, 1.82) is 0 Å². The lowest BCUT2D eigenvalue weighted by molar-refractivity contribution is 0.607. The van der Waals surface area contributed by atoms with Gasteiger partial charge in [0.25, 0.3) is 0 Å². The first-order chi connectivity index (χ1) is 8.20. The Kier molecular flexibility index (Phi) is 3.30. The van der Waals surface area contributed by atoms with Crippen LogP contribution in [0.2, 0.25) is 0 Å². The van der Waals surface area contributed by atoms with E-state index in [1.165, 1.54) is 6.33 Å². The summed E-state index contributed by atoms with van der Waals surface area (Å²) in [5.41, 5.74) is 7.58. The zero-order chi connectivity index (χ0) is 12.3. The molecule has 0 aliphatic carbocycles. The highest BCUT2D eigenvalue weighted by molar-refractivity contribution is 5.57. The van der Waals surface area contributed by atoms with Crippen molar-refractivity contribution < 1.29 is 4.39 Å². The summed E-state index contributed by atoms with van der Waals surface area (Å²) >= 11 is 0. The van der Waals surface area contributed by atoms with Gasteiger partial charge in [-0.25, -0.2) is 14.4 Å². The van der Waals surface area contributed by atoms with Gasteiger partial charge < -0.3 is 11.1 Å². The van der Waals surface area contributed by atoms with Crippen LogP contribution in [-0.4, -0.2) is 9.97 Å². The maximum Gasteiger partial charge on any atom is 0.186 e. The van der Waals surface area contributed by atoms with Crippen LogP contribution >= 0.6 is 0 Å². The third kappa shape index (κ3) is 2.57. The number of benzene rings is 1. The normalized spacial score (nSPS) is 10.3. The van der Waals surface area contributed by atoms with E-state index in [1.54, 1.807) is 6.92 Å². The van der Waals surface area contributed by atoms with E-state index >= 15 is 0 Å². The fraction of sp³-hybridized carbons (Fsp3) is 0.167. The lowest BCUT2D eigenvalue weighted by Gasteiger charge is -2.08. The molecule has 1 aromatic heterocycles. The molecule has 1 heterocycles. The number of halogens is 1. The second kappa shape index (κ2) is 4.88. The zero-order valence-electron chi connectivity index (χ0n) is 9.44. The van der Waals surface area contributed by atoms with Crippen LogP contribution in [0.3, 0.4) is 0 Å². The van der Waals surface area contributed by atoms with E-state index in [9.17, 15) is 4.39 Å². The first kappa shape index (κ1) is 11.5. The van der Waals surface area contributed by atoms with Crippen LogP contribution in [0.25, 0.3) is 0 Å². The summed E-state index contributed by atoms with van der Waals surface area (Å²) < 4.78 is 13.7. The van der Waals surface area contributed by atoms with Crippen molar-refractivity contribution in [3.05, 3.63) is 47.7 Å². The first-order valence-corrected chi connectivity index (χ1v) is 5.24. The van der Waals surface area contributed by atoms with Gasteiger partial charge in [0.1, 0.15) is 6.33 Å². The third-order valence-corrected chi connectivity index (χ3v) is 2.39. The maximum atomic E-state index is 13.7. The molecule has 3 N–H and O–H groups in total. The predicted octanol–water partition coefficient (Wildman–Crippen LogP) is 2.13. The van der Waals surface area contributed by atoms with Gasteiger partial charge in [0, 0.05) is 12.2 Å². The summed E-state index contributed by atoms with van der Waals surface area (Å²) in [6, 6.07) is 7.45. The van der Waals surface area contributed by atoms with Crippen molar-refractivity contribution in [3.63, 3.8) is 0 Å². The molecule has 0 amide bonds.